The van der Waals surface area contributed by atoms with Gasteiger partial charge in [0.15, 0.2) is 12.0 Å². The average molecular weight is 270 g/mol. The van der Waals surface area contributed by atoms with Crippen molar-refractivity contribution < 1.29 is 19.1 Å². The number of alkyl halides is 1. The first-order valence-corrected chi connectivity index (χ1v) is 5.92. The Bertz CT molecular complexity index is 489. The lowest BCUT2D eigenvalue weighted by Gasteiger charge is -2.19. The molecular weight excluding hydrogens is 258 g/mol. The Morgan fingerprint density at radius 3 is 3.11 bits per heavy atom. The number of benzene rings is 1. The molecule has 1 aliphatic rings. The first-order chi connectivity index (χ1) is 8.61. The van der Waals surface area contributed by atoms with Crippen molar-refractivity contribution in [3.05, 3.63) is 23.8 Å². The van der Waals surface area contributed by atoms with Crippen LogP contribution in [0, 0.1) is 0 Å². The molecule has 2 rings (SSSR count). The number of carbonyl (C=O) groups is 2. The van der Waals surface area contributed by atoms with Gasteiger partial charge in [-0.15, -0.1) is 11.6 Å². The van der Waals surface area contributed by atoms with Crippen LogP contribution < -0.4 is 10.1 Å². The first kappa shape index (κ1) is 12.7. The van der Waals surface area contributed by atoms with Crippen molar-refractivity contribution in [2.45, 2.75) is 12.3 Å². The minimum Gasteiger partial charge on any atom is -0.482 e. The van der Waals surface area contributed by atoms with Crippen LogP contribution in [0.3, 0.4) is 0 Å². The van der Waals surface area contributed by atoms with E-state index >= 15 is 0 Å². The topological polar surface area (TPSA) is 64.6 Å². The Morgan fingerprint density at radius 1 is 1.61 bits per heavy atom. The first-order valence-electron chi connectivity index (χ1n) is 5.49. The molecule has 0 bridgehead atoms. The summed E-state index contributed by atoms with van der Waals surface area (Å²) in [5.41, 5.74) is 1.07. The van der Waals surface area contributed by atoms with E-state index in [2.05, 4.69) is 5.32 Å². The van der Waals surface area contributed by atoms with Crippen LogP contribution in [0.2, 0.25) is 0 Å². The van der Waals surface area contributed by atoms with Crippen molar-refractivity contribution in [1.29, 1.82) is 0 Å². The van der Waals surface area contributed by atoms with Gasteiger partial charge in [-0.1, -0.05) is 6.07 Å². The van der Waals surface area contributed by atoms with E-state index in [4.69, 9.17) is 21.1 Å². The maximum Gasteiger partial charge on any atom is 0.328 e. The number of nitrogens with one attached hydrogen (secondary N) is 1. The molecule has 6 heteroatoms. The highest BCUT2D eigenvalue weighted by atomic mass is 35.5. The molecular formula is C12H12ClNO4. The van der Waals surface area contributed by atoms with Crippen molar-refractivity contribution in [1.82, 2.24) is 0 Å². The molecule has 18 heavy (non-hydrogen) atoms. The van der Waals surface area contributed by atoms with E-state index in [1.807, 2.05) is 0 Å². The van der Waals surface area contributed by atoms with E-state index in [0.29, 0.717) is 17.0 Å². The lowest BCUT2D eigenvalue weighted by Crippen LogP contribution is -2.25. The second kappa shape index (κ2) is 5.27. The van der Waals surface area contributed by atoms with Gasteiger partial charge in [-0.25, -0.2) is 0 Å². The molecule has 0 aliphatic carbocycles. The molecule has 1 N–H and O–H groups in total. The zero-order valence-corrected chi connectivity index (χ0v) is 10.5. The van der Waals surface area contributed by atoms with Crippen LogP contribution in [0.15, 0.2) is 18.2 Å². The number of carbonyl (C=O) groups excluding carboxylic acids is 2. The molecule has 0 spiro atoms. The van der Waals surface area contributed by atoms with Gasteiger partial charge >= 0.3 is 5.97 Å². The Labute approximate surface area is 109 Å². The summed E-state index contributed by atoms with van der Waals surface area (Å²) in [6.45, 7) is 1.98. The molecule has 0 radical (unpaired) electrons. The number of rotatable bonds is 3. The lowest BCUT2D eigenvalue weighted by atomic mass is 10.1. The number of halogens is 1. The highest BCUT2D eigenvalue weighted by molar-refractivity contribution is 6.30. The molecule has 96 valence electrons. The van der Waals surface area contributed by atoms with Crippen LogP contribution in [0.4, 0.5) is 5.69 Å². The smallest absolute Gasteiger partial charge is 0.328 e. The van der Waals surface area contributed by atoms with Gasteiger partial charge in [-0.3, -0.25) is 9.59 Å². The highest BCUT2D eigenvalue weighted by Gasteiger charge is 2.22. The van der Waals surface area contributed by atoms with Crippen LogP contribution >= 0.6 is 11.6 Å². The third kappa shape index (κ3) is 2.56. The zero-order chi connectivity index (χ0) is 13.1. The molecule has 0 saturated carbocycles. The fourth-order valence-corrected chi connectivity index (χ4v) is 1.81. The predicted molar refractivity (Wildman–Crippen MR) is 65.8 cm³/mol. The number of amides is 1. The fourth-order valence-electron chi connectivity index (χ4n) is 1.61. The van der Waals surface area contributed by atoms with Crippen LogP contribution in [0.25, 0.3) is 0 Å². The van der Waals surface area contributed by atoms with Gasteiger partial charge in [0.2, 0.25) is 0 Å². The summed E-state index contributed by atoms with van der Waals surface area (Å²) in [7, 11) is 0. The molecule has 0 fully saturated rings. The summed E-state index contributed by atoms with van der Waals surface area (Å²) >= 11 is 5.99. The lowest BCUT2D eigenvalue weighted by molar-refractivity contribution is -0.142. The molecule has 0 aromatic heterocycles. The zero-order valence-electron chi connectivity index (χ0n) is 9.73. The fraction of sp³-hybridized carbons (Fsp3) is 0.333. The number of esters is 1. The second-order valence-electron chi connectivity index (χ2n) is 3.71. The molecule has 1 aromatic carbocycles. The van der Waals surface area contributed by atoms with Crippen molar-refractivity contribution in [2.24, 2.45) is 0 Å². The Hall–Kier alpha value is -1.75. The van der Waals surface area contributed by atoms with E-state index in [1.54, 1.807) is 25.1 Å². The molecule has 1 amide bonds. The van der Waals surface area contributed by atoms with Gasteiger partial charge in [-0.2, -0.15) is 0 Å². The van der Waals surface area contributed by atoms with Gasteiger partial charge in [0.05, 0.1) is 12.3 Å². The number of fused-ring (bicyclic) bond motifs is 1. The maximum absolute atomic E-state index is 11.5. The maximum atomic E-state index is 11.5. The van der Waals surface area contributed by atoms with Crippen LogP contribution in [-0.4, -0.2) is 25.1 Å². The normalized spacial score (nSPS) is 15.1. The molecule has 0 saturated heterocycles. The van der Waals surface area contributed by atoms with Crippen molar-refractivity contribution >= 4 is 29.2 Å². The summed E-state index contributed by atoms with van der Waals surface area (Å²) in [5.74, 6) is -0.185. The molecule has 5 nitrogen and oxygen atoms in total. The van der Waals surface area contributed by atoms with Gasteiger partial charge in [0.25, 0.3) is 5.91 Å². The van der Waals surface area contributed by atoms with Gasteiger partial charge < -0.3 is 14.8 Å². The summed E-state index contributed by atoms with van der Waals surface area (Å²) < 4.78 is 10.0. The highest BCUT2D eigenvalue weighted by Crippen LogP contribution is 2.32. The minimum atomic E-state index is -0.894. The van der Waals surface area contributed by atoms with Crippen molar-refractivity contribution in [2.75, 3.05) is 18.5 Å². The monoisotopic (exact) mass is 269 g/mol. The third-order valence-corrected chi connectivity index (χ3v) is 2.85. The standard InChI is InChI=1S/C12H12ClNO4/c1-2-17-12(16)11(13)7-3-4-9-8(5-7)14-10(15)6-18-9/h3-5,11H,2,6H2,1H3,(H,14,15). The van der Waals surface area contributed by atoms with E-state index < -0.39 is 11.3 Å². The number of ether oxygens (including phenoxy) is 2. The van der Waals surface area contributed by atoms with Crippen LogP contribution in [-0.2, 0) is 14.3 Å². The molecule has 1 atom stereocenters. The largest absolute Gasteiger partial charge is 0.482 e. The summed E-state index contributed by atoms with van der Waals surface area (Å²) in [4.78, 5) is 22.7. The summed E-state index contributed by atoms with van der Waals surface area (Å²) in [6, 6.07) is 4.95. The Kier molecular flexibility index (Phi) is 3.72. The quantitative estimate of drug-likeness (QED) is 0.672. The van der Waals surface area contributed by atoms with E-state index in [-0.39, 0.29) is 19.1 Å². The van der Waals surface area contributed by atoms with E-state index in [0.717, 1.165) is 0 Å². The van der Waals surface area contributed by atoms with Crippen LogP contribution in [0.5, 0.6) is 5.75 Å². The number of anilines is 1. The van der Waals surface area contributed by atoms with Crippen molar-refractivity contribution in [3.8, 4) is 5.75 Å². The predicted octanol–water partition coefficient (Wildman–Crippen LogP) is 1.86. The molecule has 1 unspecified atom stereocenters. The molecule has 1 aromatic rings. The van der Waals surface area contributed by atoms with E-state index in [1.165, 1.54) is 0 Å². The van der Waals surface area contributed by atoms with Crippen LogP contribution in [0.1, 0.15) is 17.9 Å². The average Bonchev–Trinajstić information content (AvgIpc) is 2.37. The SMILES string of the molecule is CCOC(=O)C(Cl)c1ccc2c(c1)NC(=O)CO2. The Morgan fingerprint density at radius 2 is 2.39 bits per heavy atom. The molecule has 1 heterocycles. The summed E-state index contributed by atoms with van der Waals surface area (Å²) in [5, 5.41) is 1.76. The summed E-state index contributed by atoms with van der Waals surface area (Å²) in [6.07, 6.45) is 0. The minimum absolute atomic E-state index is 0.00543. The van der Waals surface area contributed by atoms with Gasteiger partial charge in [0.1, 0.15) is 5.75 Å². The van der Waals surface area contributed by atoms with Gasteiger partial charge in [-0.05, 0) is 24.6 Å². The second-order valence-corrected chi connectivity index (χ2v) is 4.14. The van der Waals surface area contributed by atoms with E-state index in [9.17, 15) is 9.59 Å². The Balaban J connectivity index is 2.22. The van der Waals surface area contributed by atoms with Crippen molar-refractivity contribution in [3.63, 3.8) is 0 Å². The number of hydrogen-bond acceptors (Lipinski definition) is 4. The van der Waals surface area contributed by atoms with Gasteiger partial charge in [0, 0.05) is 0 Å². The number of hydrogen-bond donors (Lipinski definition) is 1. The third-order valence-electron chi connectivity index (χ3n) is 2.42. The molecule has 1 aliphatic heterocycles.